The highest BCUT2D eigenvalue weighted by Gasteiger charge is 2.24. The molecular weight excluding hydrogens is 268 g/mol. The second-order valence-corrected chi connectivity index (χ2v) is 5.35. The second-order valence-electron chi connectivity index (χ2n) is 5.35. The van der Waals surface area contributed by atoms with E-state index in [1.807, 2.05) is 26.0 Å². The topological polar surface area (TPSA) is 53.4 Å². The Labute approximate surface area is 123 Å². The molecule has 21 heavy (non-hydrogen) atoms. The third-order valence-electron chi connectivity index (χ3n) is 3.64. The largest absolute Gasteiger partial charge is 0.493 e. The van der Waals surface area contributed by atoms with Crippen LogP contribution in [0.1, 0.15) is 41.5 Å². The van der Waals surface area contributed by atoms with E-state index in [1.54, 1.807) is 24.1 Å². The SMILES string of the molecule is COc1cnn(C(C)C)c1C(=O)c1ccc2c(c1)CCO2. The maximum absolute atomic E-state index is 12.8. The molecule has 1 aromatic heterocycles. The quantitative estimate of drug-likeness (QED) is 0.811. The number of ketones is 1. The Morgan fingerprint density at radius 1 is 1.43 bits per heavy atom. The number of benzene rings is 1. The lowest BCUT2D eigenvalue weighted by molar-refractivity contribution is 0.102. The molecule has 2 aromatic rings. The third kappa shape index (κ3) is 2.28. The molecule has 0 aliphatic carbocycles. The molecule has 2 heterocycles. The Bertz CT molecular complexity index is 689. The van der Waals surface area contributed by atoms with Crippen LogP contribution in [-0.4, -0.2) is 29.3 Å². The summed E-state index contributed by atoms with van der Waals surface area (Å²) in [5.74, 6) is 1.30. The Hall–Kier alpha value is -2.30. The molecule has 0 N–H and O–H groups in total. The number of carbonyl (C=O) groups excluding carboxylic acids is 1. The number of carbonyl (C=O) groups is 1. The summed E-state index contributed by atoms with van der Waals surface area (Å²) >= 11 is 0. The molecule has 0 spiro atoms. The zero-order valence-corrected chi connectivity index (χ0v) is 12.4. The molecule has 110 valence electrons. The van der Waals surface area contributed by atoms with Crippen molar-refractivity contribution in [3.05, 3.63) is 41.2 Å². The van der Waals surface area contributed by atoms with Crippen molar-refractivity contribution in [2.75, 3.05) is 13.7 Å². The lowest BCUT2D eigenvalue weighted by Gasteiger charge is -2.11. The van der Waals surface area contributed by atoms with Gasteiger partial charge in [0, 0.05) is 18.0 Å². The number of ether oxygens (including phenoxy) is 2. The Morgan fingerprint density at radius 2 is 2.24 bits per heavy atom. The number of hydrogen-bond donors (Lipinski definition) is 0. The van der Waals surface area contributed by atoms with Crippen LogP contribution in [0.15, 0.2) is 24.4 Å². The predicted octanol–water partition coefficient (Wildman–Crippen LogP) is 2.64. The second kappa shape index (κ2) is 5.24. The van der Waals surface area contributed by atoms with Crippen LogP contribution in [0.25, 0.3) is 0 Å². The van der Waals surface area contributed by atoms with E-state index in [9.17, 15) is 4.79 Å². The van der Waals surface area contributed by atoms with E-state index >= 15 is 0 Å². The van der Waals surface area contributed by atoms with Crippen molar-refractivity contribution >= 4 is 5.78 Å². The third-order valence-corrected chi connectivity index (χ3v) is 3.64. The van der Waals surface area contributed by atoms with Crippen molar-refractivity contribution in [1.29, 1.82) is 0 Å². The van der Waals surface area contributed by atoms with Crippen LogP contribution in [0.5, 0.6) is 11.5 Å². The summed E-state index contributed by atoms with van der Waals surface area (Å²) in [6.07, 6.45) is 2.43. The lowest BCUT2D eigenvalue weighted by Crippen LogP contribution is -2.14. The lowest BCUT2D eigenvalue weighted by atomic mass is 10.0. The highest BCUT2D eigenvalue weighted by atomic mass is 16.5. The molecule has 0 radical (unpaired) electrons. The molecule has 1 aromatic carbocycles. The van der Waals surface area contributed by atoms with Gasteiger partial charge < -0.3 is 9.47 Å². The number of nitrogens with zero attached hydrogens (tertiary/aromatic N) is 2. The standard InChI is InChI=1S/C16H18N2O3/c1-10(2)18-15(14(20-3)9-17-18)16(19)12-4-5-13-11(8-12)6-7-21-13/h4-5,8-10H,6-7H2,1-3H3. The van der Waals surface area contributed by atoms with Crippen molar-refractivity contribution in [2.24, 2.45) is 0 Å². The molecule has 0 unspecified atom stereocenters. The minimum absolute atomic E-state index is 0.0762. The summed E-state index contributed by atoms with van der Waals surface area (Å²) in [6, 6.07) is 5.65. The first-order valence-corrected chi connectivity index (χ1v) is 7.03. The summed E-state index contributed by atoms with van der Waals surface area (Å²) < 4.78 is 12.5. The summed E-state index contributed by atoms with van der Waals surface area (Å²) in [5.41, 5.74) is 2.21. The molecular formula is C16H18N2O3. The van der Waals surface area contributed by atoms with Gasteiger partial charge in [-0.1, -0.05) is 0 Å². The van der Waals surface area contributed by atoms with Crippen LogP contribution in [0.3, 0.4) is 0 Å². The van der Waals surface area contributed by atoms with Gasteiger partial charge in [-0.15, -0.1) is 0 Å². The van der Waals surface area contributed by atoms with E-state index in [0.29, 0.717) is 23.6 Å². The fraction of sp³-hybridized carbons (Fsp3) is 0.375. The molecule has 0 atom stereocenters. The predicted molar refractivity (Wildman–Crippen MR) is 78.2 cm³/mol. The highest BCUT2D eigenvalue weighted by Crippen LogP contribution is 2.29. The number of aromatic nitrogens is 2. The van der Waals surface area contributed by atoms with Crippen molar-refractivity contribution < 1.29 is 14.3 Å². The number of fused-ring (bicyclic) bond motifs is 1. The number of methoxy groups -OCH3 is 1. The molecule has 1 aliphatic rings. The molecule has 0 bridgehead atoms. The fourth-order valence-electron chi connectivity index (χ4n) is 2.57. The summed E-state index contributed by atoms with van der Waals surface area (Å²) in [7, 11) is 1.55. The normalized spacial score (nSPS) is 13.1. The summed E-state index contributed by atoms with van der Waals surface area (Å²) in [4.78, 5) is 12.8. The van der Waals surface area contributed by atoms with Gasteiger partial charge in [0.05, 0.1) is 19.9 Å². The fourth-order valence-corrected chi connectivity index (χ4v) is 2.57. The van der Waals surface area contributed by atoms with Crippen LogP contribution >= 0.6 is 0 Å². The number of hydrogen-bond acceptors (Lipinski definition) is 4. The van der Waals surface area contributed by atoms with Crippen molar-refractivity contribution in [2.45, 2.75) is 26.3 Å². The van der Waals surface area contributed by atoms with Crippen LogP contribution in [0.2, 0.25) is 0 Å². The van der Waals surface area contributed by atoms with Gasteiger partial charge in [0.2, 0.25) is 5.78 Å². The maximum atomic E-state index is 12.8. The van der Waals surface area contributed by atoms with Crippen molar-refractivity contribution in [3.63, 3.8) is 0 Å². The van der Waals surface area contributed by atoms with Gasteiger partial charge in [0.15, 0.2) is 11.4 Å². The van der Waals surface area contributed by atoms with E-state index < -0.39 is 0 Å². The van der Waals surface area contributed by atoms with Crippen LogP contribution in [0, 0.1) is 0 Å². The molecule has 5 heteroatoms. The van der Waals surface area contributed by atoms with Gasteiger partial charge in [0.1, 0.15) is 5.75 Å². The minimum Gasteiger partial charge on any atom is -0.493 e. The zero-order valence-electron chi connectivity index (χ0n) is 12.4. The maximum Gasteiger partial charge on any atom is 0.214 e. The highest BCUT2D eigenvalue weighted by molar-refractivity contribution is 6.09. The van der Waals surface area contributed by atoms with Gasteiger partial charge in [-0.05, 0) is 37.6 Å². The molecule has 0 amide bonds. The molecule has 1 aliphatic heterocycles. The first-order valence-electron chi connectivity index (χ1n) is 7.03. The van der Waals surface area contributed by atoms with Crippen molar-refractivity contribution in [3.8, 4) is 11.5 Å². The average Bonchev–Trinajstić information content (AvgIpc) is 3.11. The van der Waals surface area contributed by atoms with Gasteiger partial charge in [-0.25, -0.2) is 0 Å². The summed E-state index contributed by atoms with van der Waals surface area (Å²) in [6.45, 7) is 4.65. The first kappa shape index (κ1) is 13.7. The van der Waals surface area contributed by atoms with Gasteiger partial charge >= 0.3 is 0 Å². The van der Waals surface area contributed by atoms with Gasteiger partial charge in [-0.3, -0.25) is 9.48 Å². The Morgan fingerprint density at radius 3 is 2.95 bits per heavy atom. The molecule has 0 saturated carbocycles. The van der Waals surface area contributed by atoms with Crippen molar-refractivity contribution in [1.82, 2.24) is 9.78 Å². The van der Waals surface area contributed by atoms with E-state index in [0.717, 1.165) is 17.7 Å². The Kier molecular flexibility index (Phi) is 3.41. The van der Waals surface area contributed by atoms with E-state index in [1.165, 1.54) is 0 Å². The number of rotatable bonds is 4. The van der Waals surface area contributed by atoms with Crippen LogP contribution < -0.4 is 9.47 Å². The van der Waals surface area contributed by atoms with E-state index in [2.05, 4.69) is 5.10 Å². The smallest absolute Gasteiger partial charge is 0.214 e. The molecule has 0 saturated heterocycles. The zero-order chi connectivity index (χ0) is 15.0. The molecule has 5 nitrogen and oxygen atoms in total. The van der Waals surface area contributed by atoms with E-state index in [-0.39, 0.29) is 11.8 Å². The van der Waals surface area contributed by atoms with Gasteiger partial charge in [-0.2, -0.15) is 5.10 Å². The van der Waals surface area contributed by atoms with Crippen LogP contribution in [-0.2, 0) is 6.42 Å². The first-order chi connectivity index (χ1) is 10.1. The van der Waals surface area contributed by atoms with E-state index in [4.69, 9.17) is 9.47 Å². The van der Waals surface area contributed by atoms with Gasteiger partial charge in [0.25, 0.3) is 0 Å². The molecule has 3 rings (SSSR count). The minimum atomic E-state index is -0.0762. The Balaban J connectivity index is 2.04. The monoisotopic (exact) mass is 286 g/mol. The van der Waals surface area contributed by atoms with Crippen LogP contribution in [0.4, 0.5) is 0 Å². The summed E-state index contributed by atoms with van der Waals surface area (Å²) in [5, 5.41) is 4.25. The average molecular weight is 286 g/mol. The molecule has 0 fully saturated rings.